The van der Waals surface area contributed by atoms with Crippen molar-refractivity contribution in [3.05, 3.63) is 42.0 Å². The SMILES string of the molecule is COc1ccc(F)c(Nc2cc(OC)c(N)cc2F)c1. The molecule has 0 heterocycles. The molecule has 0 aliphatic heterocycles. The van der Waals surface area contributed by atoms with Crippen molar-refractivity contribution < 1.29 is 18.3 Å². The van der Waals surface area contributed by atoms with Gasteiger partial charge in [-0.15, -0.1) is 0 Å². The predicted octanol–water partition coefficient (Wildman–Crippen LogP) is 3.31. The Labute approximate surface area is 115 Å². The van der Waals surface area contributed by atoms with Gasteiger partial charge in [0.25, 0.3) is 0 Å². The molecule has 0 amide bonds. The summed E-state index contributed by atoms with van der Waals surface area (Å²) in [6.45, 7) is 0. The molecule has 0 radical (unpaired) electrons. The van der Waals surface area contributed by atoms with Gasteiger partial charge in [-0.1, -0.05) is 0 Å². The molecule has 0 spiro atoms. The second-order valence-electron chi connectivity index (χ2n) is 4.04. The fourth-order valence-electron chi connectivity index (χ4n) is 1.71. The van der Waals surface area contributed by atoms with E-state index in [9.17, 15) is 8.78 Å². The number of hydrogen-bond donors (Lipinski definition) is 2. The van der Waals surface area contributed by atoms with E-state index in [1.54, 1.807) is 0 Å². The van der Waals surface area contributed by atoms with Crippen molar-refractivity contribution in [2.24, 2.45) is 0 Å². The second-order valence-corrected chi connectivity index (χ2v) is 4.04. The molecule has 6 heteroatoms. The summed E-state index contributed by atoms with van der Waals surface area (Å²) in [5.74, 6) is -0.375. The van der Waals surface area contributed by atoms with Crippen LogP contribution in [0, 0.1) is 11.6 Å². The van der Waals surface area contributed by atoms with E-state index < -0.39 is 11.6 Å². The first-order valence-corrected chi connectivity index (χ1v) is 5.78. The highest BCUT2D eigenvalue weighted by molar-refractivity contribution is 5.68. The lowest BCUT2D eigenvalue weighted by molar-refractivity contribution is 0.414. The van der Waals surface area contributed by atoms with Crippen LogP contribution in [-0.4, -0.2) is 14.2 Å². The Bertz CT molecular complexity index is 633. The van der Waals surface area contributed by atoms with E-state index in [2.05, 4.69) is 5.32 Å². The summed E-state index contributed by atoms with van der Waals surface area (Å²) in [7, 11) is 2.88. The van der Waals surface area contributed by atoms with Gasteiger partial charge in [-0.3, -0.25) is 0 Å². The standard InChI is InChI=1S/C14H14F2N2O2/c1-19-8-3-4-9(15)12(5-8)18-13-7-14(20-2)11(17)6-10(13)16/h3-7,18H,17H2,1-2H3. The molecule has 4 nitrogen and oxygen atoms in total. The summed E-state index contributed by atoms with van der Waals surface area (Å²) >= 11 is 0. The third kappa shape index (κ3) is 2.74. The average molecular weight is 280 g/mol. The Morgan fingerprint density at radius 1 is 0.950 bits per heavy atom. The number of halogens is 2. The van der Waals surface area contributed by atoms with Crippen LogP contribution in [0.25, 0.3) is 0 Å². The van der Waals surface area contributed by atoms with Gasteiger partial charge in [0.2, 0.25) is 0 Å². The number of nitrogens with two attached hydrogens (primary N) is 1. The zero-order chi connectivity index (χ0) is 14.7. The van der Waals surface area contributed by atoms with Gasteiger partial charge in [-0.05, 0) is 12.1 Å². The van der Waals surface area contributed by atoms with Gasteiger partial charge in [0.15, 0.2) is 0 Å². The van der Waals surface area contributed by atoms with Gasteiger partial charge >= 0.3 is 0 Å². The van der Waals surface area contributed by atoms with Crippen molar-refractivity contribution in [1.82, 2.24) is 0 Å². The van der Waals surface area contributed by atoms with Crippen molar-refractivity contribution in [3.8, 4) is 11.5 Å². The highest BCUT2D eigenvalue weighted by Gasteiger charge is 2.11. The average Bonchev–Trinajstić information content (AvgIpc) is 2.44. The summed E-state index contributed by atoms with van der Waals surface area (Å²) in [5.41, 5.74) is 5.90. The number of nitrogen functional groups attached to an aromatic ring is 1. The summed E-state index contributed by atoms with van der Waals surface area (Å²) < 4.78 is 37.5. The van der Waals surface area contributed by atoms with E-state index in [-0.39, 0.29) is 17.1 Å². The predicted molar refractivity (Wildman–Crippen MR) is 73.6 cm³/mol. The highest BCUT2D eigenvalue weighted by Crippen LogP contribution is 2.32. The third-order valence-corrected chi connectivity index (χ3v) is 2.76. The topological polar surface area (TPSA) is 56.5 Å². The Balaban J connectivity index is 2.39. The zero-order valence-electron chi connectivity index (χ0n) is 11.0. The van der Waals surface area contributed by atoms with Gasteiger partial charge in [0.1, 0.15) is 23.1 Å². The quantitative estimate of drug-likeness (QED) is 0.844. The van der Waals surface area contributed by atoms with Gasteiger partial charge < -0.3 is 20.5 Å². The first-order valence-electron chi connectivity index (χ1n) is 5.78. The second kappa shape index (κ2) is 5.64. The summed E-state index contributed by atoms with van der Waals surface area (Å²) in [6.07, 6.45) is 0. The van der Waals surface area contributed by atoms with Crippen LogP contribution in [0.15, 0.2) is 30.3 Å². The number of ether oxygens (including phenoxy) is 2. The first-order chi connectivity index (χ1) is 9.55. The fourth-order valence-corrected chi connectivity index (χ4v) is 1.71. The maximum Gasteiger partial charge on any atom is 0.148 e. The monoisotopic (exact) mass is 280 g/mol. The largest absolute Gasteiger partial charge is 0.497 e. The Kier molecular flexibility index (Phi) is 3.93. The van der Waals surface area contributed by atoms with Gasteiger partial charge in [0, 0.05) is 18.2 Å². The number of rotatable bonds is 4. The zero-order valence-corrected chi connectivity index (χ0v) is 11.0. The van der Waals surface area contributed by atoms with Crippen LogP contribution in [0.2, 0.25) is 0 Å². The van der Waals surface area contributed by atoms with Crippen LogP contribution in [0.4, 0.5) is 25.8 Å². The lowest BCUT2D eigenvalue weighted by Crippen LogP contribution is -2.00. The molecular weight excluding hydrogens is 266 g/mol. The molecule has 0 fully saturated rings. The number of anilines is 3. The van der Waals surface area contributed by atoms with Crippen LogP contribution in [0.5, 0.6) is 11.5 Å². The summed E-state index contributed by atoms with van der Waals surface area (Å²) in [5, 5.41) is 2.65. The highest BCUT2D eigenvalue weighted by atomic mass is 19.1. The third-order valence-electron chi connectivity index (χ3n) is 2.76. The minimum Gasteiger partial charge on any atom is -0.497 e. The van der Waals surface area contributed by atoms with E-state index in [1.807, 2.05) is 0 Å². The molecule has 20 heavy (non-hydrogen) atoms. The lowest BCUT2D eigenvalue weighted by atomic mass is 10.2. The molecule has 0 saturated carbocycles. The van der Waals surface area contributed by atoms with Crippen LogP contribution in [0.1, 0.15) is 0 Å². The normalized spacial score (nSPS) is 10.2. The number of methoxy groups -OCH3 is 2. The molecule has 3 N–H and O–H groups in total. The first kappa shape index (κ1) is 13.9. The van der Waals surface area contributed by atoms with Crippen LogP contribution >= 0.6 is 0 Å². The Morgan fingerprint density at radius 2 is 1.65 bits per heavy atom. The molecule has 0 aliphatic rings. The maximum atomic E-state index is 13.8. The van der Waals surface area contributed by atoms with Gasteiger partial charge in [0.05, 0.1) is 31.3 Å². The van der Waals surface area contributed by atoms with Crippen LogP contribution in [0.3, 0.4) is 0 Å². The molecule has 0 atom stereocenters. The molecule has 0 bridgehead atoms. The number of hydrogen-bond acceptors (Lipinski definition) is 4. The van der Waals surface area contributed by atoms with Crippen molar-refractivity contribution in [2.75, 3.05) is 25.3 Å². The smallest absolute Gasteiger partial charge is 0.148 e. The van der Waals surface area contributed by atoms with Crippen molar-refractivity contribution in [1.29, 1.82) is 0 Å². The minimum atomic E-state index is -0.606. The molecule has 106 valence electrons. The van der Waals surface area contributed by atoms with E-state index >= 15 is 0 Å². The molecule has 0 aromatic heterocycles. The molecule has 0 aliphatic carbocycles. The molecule has 0 saturated heterocycles. The molecule has 2 aromatic rings. The number of nitrogens with one attached hydrogen (secondary N) is 1. The lowest BCUT2D eigenvalue weighted by Gasteiger charge is -2.12. The van der Waals surface area contributed by atoms with E-state index in [0.29, 0.717) is 11.5 Å². The van der Waals surface area contributed by atoms with Gasteiger partial charge in [-0.2, -0.15) is 0 Å². The fraction of sp³-hybridized carbons (Fsp3) is 0.143. The number of benzene rings is 2. The molecular formula is C14H14F2N2O2. The molecule has 0 unspecified atom stereocenters. The van der Waals surface area contributed by atoms with E-state index in [0.717, 1.165) is 6.07 Å². The summed E-state index contributed by atoms with van der Waals surface area (Å²) in [6, 6.07) is 6.61. The van der Waals surface area contributed by atoms with Crippen LogP contribution < -0.4 is 20.5 Å². The van der Waals surface area contributed by atoms with E-state index in [1.165, 1.54) is 38.5 Å². The van der Waals surface area contributed by atoms with Crippen molar-refractivity contribution in [2.45, 2.75) is 0 Å². The van der Waals surface area contributed by atoms with E-state index in [4.69, 9.17) is 15.2 Å². The minimum absolute atomic E-state index is 0.0585. The van der Waals surface area contributed by atoms with Crippen LogP contribution in [-0.2, 0) is 0 Å². The van der Waals surface area contributed by atoms with Crippen molar-refractivity contribution >= 4 is 17.1 Å². The molecule has 2 aromatic carbocycles. The summed E-state index contributed by atoms with van der Waals surface area (Å²) in [4.78, 5) is 0. The Hall–Kier alpha value is -2.50. The van der Waals surface area contributed by atoms with Crippen molar-refractivity contribution in [3.63, 3.8) is 0 Å². The molecule has 2 rings (SSSR count). The van der Waals surface area contributed by atoms with Gasteiger partial charge in [-0.25, -0.2) is 8.78 Å². The maximum absolute atomic E-state index is 13.8. The Morgan fingerprint density at radius 3 is 2.30 bits per heavy atom.